The lowest BCUT2D eigenvalue weighted by atomic mass is 9.70. The van der Waals surface area contributed by atoms with Crippen LogP contribution in [0.1, 0.15) is 188 Å². The first kappa shape index (κ1) is 37.4. The Bertz CT molecular complexity index is 724. The normalized spacial score (nSPS) is 18.3. The fraction of sp³-hybridized carbons (Fsp3) is 0.838. The lowest BCUT2D eigenvalue weighted by Gasteiger charge is -2.40. The predicted octanol–water partition coefficient (Wildman–Crippen LogP) is 11.7. The fourth-order valence-corrected chi connectivity index (χ4v) is 6.02. The van der Waals surface area contributed by atoms with Crippen LogP contribution in [0.2, 0.25) is 0 Å². The van der Waals surface area contributed by atoms with Crippen molar-refractivity contribution in [2.45, 2.75) is 194 Å². The molecule has 4 heteroatoms. The number of carbonyl (C=O) groups excluding carboxylic acids is 2. The summed E-state index contributed by atoms with van der Waals surface area (Å²) < 4.78 is 12.3. The Morgan fingerprint density at radius 3 is 1.49 bits per heavy atom. The molecule has 238 valence electrons. The van der Waals surface area contributed by atoms with Crippen molar-refractivity contribution >= 4 is 11.9 Å². The molecular weight excluding hydrogens is 508 g/mol. The molecule has 2 unspecified atom stereocenters. The zero-order valence-electron chi connectivity index (χ0n) is 27.6. The summed E-state index contributed by atoms with van der Waals surface area (Å²) in [6.45, 7) is 8.91. The second-order valence-corrected chi connectivity index (χ2v) is 12.5. The zero-order chi connectivity index (χ0) is 30.0. The molecule has 0 bridgehead atoms. The van der Waals surface area contributed by atoms with E-state index < -0.39 is 6.10 Å². The molecule has 41 heavy (non-hydrogen) atoms. The van der Waals surface area contributed by atoms with Crippen LogP contribution in [0, 0.1) is 5.41 Å². The van der Waals surface area contributed by atoms with Gasteiger partial charge < -0.3 is 9.47 Å². The Morgan fingerprint density at radius 2 is 1.00 bits per heavy atom. The summed E-state index contributed by atoms with van der Waals surface area (Å²) in [7, 11) is 0. The number of esters is 2. The topological polar surface area (TPSA) is 52.6 Å². The molecule has 1 aliphatic rings. The van der Waals surface area contributed by atoms with Gasteiger partial charge in [0.15, 0.2) is 6.10 Å². The Balaban J connectivity index is 3.02. The summed E-state index contributed by atoms with van der Waals surface area (Å²) in [6, 6.07) is 0. The summed E-state index contributed by atoms with van der Waals surface area (Å²) in [6.07, 6.45) is 32.8. The lowest BCUT2D eigenvalue weighted by Crippen LogP contribution is -2.41. The number of carbonyl (C=O) groups is 2. The van der Waals surface area contributed by atoms with E-state index in [1.54, 1.807) is 0 Å². The molecule has 0 saturated carbocycles. The maximum atomic E-state index is 13.2. The van der Waals surface area contributed by atoms with E-state index in [4.69, 9.17) is 9.47 Å². The predicted molar refractivity (Wildman–Crippen MR) is 174 cm³/mol. The summed E-state index contributed by atoms with van der Waals surface area (Å²) in [5, 5.41) is 0. The van der Waals surface area contributed by atoms with Crippen LogP contribution in [0.4, 0.5) is 0 Å². The van der Waals surface area contributed by atoms with Crippen LogP contribution in [0.3, 0.4) is 0 Å². The highest BCUT2D eigenvalue weighted by atomic mass is 16.6. The van der Waals surface area contributed by atoms with Gasteiger partial charge in [0.05, 0.1) is 0 Å². The third kappa shape index (κ3) is 17.2. The molecule has 0 fully saturated rings. The molecule has 0 heterocycles. The van der Waals surface area contributed by atoms with Crippen LogP contribution in [0.25, 0.3) is 0 Å². The number of allylic oxidation sites excluding steroid dienone is 2. The van der Waals surface area contributed by atoms with E-state index in [0.29, 0.717) is 18.6 Å². The molecule has 4 nitrogen and oxygen atoms in total. The standard InChI is InChI=1S/C37H66O4/c1-5-9-13-17-21-25-31-37(30-24-20-16-12-8-4)32-26-27-33(40-34(38)28-22-18-14-10-6-2)36(37)41-35(39)29-23-19-15-11-7-3/h26-27,32,36H,5-25,28-31H2,1-4H3. The van der Waals surface area contributed by atoms with E-state index in [-0.39, 0.29) is 17.4 Å². The maximum absolute atomic E-state index is 13.2. The van der Waals surface area contributed by atoms with E-state index in [2.05, 4.69) is 39.8 Å². The van der Waals surface area contributed by atoms with Crippen LogP contribution in [0.15, 0.2) is 24.0 Å². The smallest absolute Gasteiger partial charge is 0.310 e. The zero-order valence-corrected chi connectivity index (χ0v) is 27.6. The van der Waals surface area contributed by atoms with Crippen LogP contribution in [-0.4, -0.2) is 18.0 Å². The summed E-state index contributed by atoms with van der Waals surface area (Å²) in [5.41, 5.74) is -0.305. The first-order valence-corrected chi connectivity index (χ1v) is 17.8. The molecular formula is C37H66O4. The van der Waals surface area contributed by atoms with Gasteiger partial charge in [-0.05, 0) is 31.8 Å². The van der Waals surface area contributed by atoms with Gasteiger partial charge in [0.25, 0.3) is 0 Å². The van der Waals surface area contributed by atoms with Crippen molar-refractivity contribution in [3.05, 3.63) is 24.0 Å². The third-order valence-electron chi connectivity index (χ3n) is 8.66. The Hall–Kier alpha value is -1.58. The molecule has 0 N–H and O–H groups in total. The van der Waals surface area contributed by atoms with Crippen LogP contribution >= 0.6 is 0 Å². The van der Waals surface area contributed by atoms with Gasteiger partial charge in [-0.3, -0.25) is 9.59 Å². The van der Waals surface area contributed by atoms with E-state index in [9.17, 15) is 9.59 Å². The molecule has 0 saturated heterocycles. The van der Waals surface area contributed by atoms with Gasteiger partial charge in [-0.2, -0.15) is 0 Å². The largest absolute Gasteiger partial charge is 0.453 e. The molecule has 1 aliphatic carbocycles. The van der Waals surface area contributed by atoms with Gasteiger partial charge >= 0.3 is 11.9 Å². The van der Waals surface area contributed by atoms with Gasteiger partial charge in [-0.15, -0.1) is 0 Å². The average Bonchev–Trinajstić information content (AvgIpc) is 2.96. The fourth-order valence-electron chi connectivity index (χ4n) is 6.02. The van der Waals surface area contributed by atoms with Gasteiger partial charge in [0.2, 0.25) is 0 Å². The molecule has 0 aromatic carbocycles. The second-order valence-electron chi connectivity index (χ2n) is 12.5. The van der Waals surface area contributed by atoms with Crippen molar-refractivity contribution in [2.24, 2.45) is 5.41 Å². The molecule has 0 aromatic heterocycles. The van der Waals surface area contributed by atoms with Crippen LogP contribution < -0.4 is 0 Å². The van der Waals surface area contributed by atoms with Gasteiger partial charge in [-0.25, -0.2) is 0 Å². The van der Waals surface area contributed by atoms with Crippen molar-refractivity contribution in [1.82, 2.24) is 0 Å². The first-order chi connectivity index (χ1) is 20.0. The molecule has 0 aliphatic heterocycles. The first-order valence-electron chi connectivity index (χ1n) is 17.8. The van der Waals surface area contributed by atoms with Gasteiger partial charge in [-0.1, -0.05) is 162 Å². The molecule has 0 amide bonds. The Kier molecular flexibility index (Phi) is 22.8. The number of hydrogen-bond donors (Lipinski definition) is 0. The highest BCUT2D eigenvalue weighted by molar-refractivity contribution is 5.72. The minimum atomic E-state index is -0.512. The van der Waals surface area contributed by atoms with Crippen molar-refractivity contribution < 1.29 is 19.1 Å². The average molecular weight is 575 g/mol. The van der Waals surface area contributed by atoms with Crippen molar-refractivity contribution in [1.29, 1.82) is 0 Å². The van der Waals surface area contributed by atoms with E-state index in [1.807, 2.05) is 6.08 Å². The number of ether oxygens (including phenoxy) is 2. The highest BCUT2D eigenvalue weighted by Crippen LogP contribution is 2.44. The molecule has 0 radical (unpaired) electrons. The number of unbranched alkanes of at least 4 members (excludes halogenated alkanes) is 17. The number of hydrogen-bond acceptors (Lipinski definition) is 4. The van der Waals surface area contributed by atoms with Crippen molar-refractivity contribution in [3.8, 4) is 0 Å². The minimum absolute atomic E-state index is 0.151. The molecule has 1 rings (SSSR count). The SMILES string of the molecule is CCCCCCCCC1(CCCCCCC)C=CC=C(OC(=O)CCCCCCC)C1OC(=O)CCCCCCC. The van der Waals surface area contributed by atoms with Gasteiger partial charge in [0.1, 0.15) is 5.76 Å². The third-order valence-corrected chi connectivity index (χ3v) is 8.66. The molecule has 0 spiro atoms. The maximum Gasteiger partial charge on any atom is 0.310 e. The summed E-state index contributed by atoms with van der Waals surface area (Å²) >= 11 is 0. The summed E-state index contributed by atoms with van der Waals surface area (Å²) in [5.74, 6) is 0.201. The minimum Gasteiger partial charge on any atom is -0.453 e. The monoisotopic (exact) mass is 574 g/mol. The van der Waals surface area contributed by atoms with Crippen molar-refractivity contribution in [3.63, 3.8) is 0 Å². The molecule has 0 aromatic rings. The summed E-state index contributed by atoms with van der Waals surface area (Å²) in [4.78, 5) is 26.1. The highest BCUT2D eigenvalue weighted by Gasteiger charge is 2.43. The number of rotatable bonds is 27. The lowest BCUT2D eigenvalue weighted by molar-refractivity contribution is -0.159. The van der Waals surface area contributed by atoms with Crippen molar-refractivity contribution in [2.75, 3.05) is 0 Å². The molecule has 2 atom stereocenters. The second kappa shape index (κ2) is 25.0. The van der Waals surface area contributed by atoms with E-state index >= 15 is 0 Å². The Labute approximate surface area is 254 Å². The van der Waals surface area contributed by atoms with E-state index in [1.165, 1.54) is 83.5 Å². The van der Waals surface area contributed by atoms with E-state index in [0.717, 1.165) is 64.2 Å². The quantitative estimate of drug-likeness (QED) is 0.0723. The Morgan fingerprint density at radius 1 is 0.585 bits per heavy atom. The van der Waals surface area contributed by atoms with Gasteiger partial charge in [0, 0.05) is 18.3 Å². The van der Waals surface area contributed by atoms with Crippen LogP contribution in [0.5, 0.6) is 0 Å². The van der Waals surface area contributed by atoms with Crippen LogP contribution in [-0.2, 0) is 19.1 Å².